The van der Waals surface area contributed by atoms with Crippen molar-refractivity contribution in [2.24, 2.45) is 0 Å². The van der Waals surface area contributed by atoms with Crippen molar-refractivity contribution in [1.82, 2.24) is 9.97 Å². The molecule has 1 heterocycles. The first-order valence-electron chi connectivity index (χ1n) is 5.26. The molecule has 2 rings (SSSR count). The van der Waals surface area contributed by atoms with Gasteiger partial charge < -0.3 is 4.98 Å². The van der Waals surface area contributed by atoms with Crippen molar-refractivity contribution in [2.45, 2.75) is 13.3 Å². The third kappa shape index (κ3) is 2.72. The van der Waals surface area contributed by atoms with Crippen molar-refractivity contribution in [3.05, 3.63) is 48.7 Å². The van der Waals surface area contributed by atoms with E-state index >= 15 is 0 Å². The lowest BCUT2D eigenvalue weighted by atomic mass is 10.2. The number of nitrogens with one attached hydrogen (secondary N) is 1. The molecule has 0 bridgehead atoms. The fourth-order valence-corrected chi connectivity index (χ4v) is 2.43. The maximum Gasteiger partial charge on any atom is 0.264 e. The molecular weight excluding hydrogens is 370 g/mol. The van der Waals surface area contributed by atoms with E-state index in [1.807, 2.05) is 29.5 Å². The quantitative estimate of drug-likeness (QED) is 0.814. The largest absolute Gasteiger partial charge is 0.306 e. The predicted octanol–water partition coefficient (Wildman–Crippen LogP) is 3.40. The van der Waals surface area contributed by atoms with E-state index in [4.69, 9.17) is 11.6 Å². The third-order valence-corrected chi connectivity index (χ3v) is 3.73. The second-order valence-corrected chi connectivity index (χ2v) is 5.20. The smallest absolute Gasteiger partial charge is 0.264 e. The highest BCUT2D eigenvalue weighted by molar-refractivity contribution is 14.1. The van der Waals surface area contributed by atoms with Gasteiger partial charge in [-0.15, -0.1) is 0 Å². The molecule has 0 aliphatic rings. The SMILES string of the molecule is CCc1nc(-c2cc(F)cc(Cl)c2)[nH]c(=O)c1I. The highest BCUT2D eigenvalue weighted by atomic mass is 127. The molecule has 2 aromatic rings. The van der Waals surface area contributed by atoms with Crippen LogP contribution >= 0.6 is 34.2 Å². The number of nitrogens with zero attached hydrogens (tertiary/aromatic N) is 1. The summed E-state index contributed by atoms with van der Waals surface area (Å²) in [5.41, 5.74) is 0.927. The van der Waals surface area contributed by atoms with Crippen molar-refractivity contribution in [1.29, 1.82) is 0 Å². The van der Waals surface area contributed by atoms with Gasteiger partial charge in [0.1, 0.15) is 11.6 Å². The van der Waals surface area contributed by atoms with Gasteiger partial charge in [-0.3, -0.25) is 4.79 Å². The number of benzene rings is 1. The van der Waals surface area contributed by atoms with Crippen LogP contribution in [0.5, 0.6) is 0 Å². The highest BCUT2D eigenvalue weighted by Gasteiger charge is 2.10. The van der Waals surface area contributed by atoms with Gasteiger partial charge in [0.05, 0.1) is 9.26 Å². The van der Waals surface area contributed by atoms with Gasteiger partial charge in [0.15, 0.2) is 0 Å². The van der Waals surface area contributed by atoms with Crippen molar-refractivity contribution < 1.29 is 4.39 Å². The van der Waals surface area contributed by atoms with Crippen LogP contribution in [0.1, 0.15) is 12.6 Å². The predicted molar refractivity (Wildman–Crippen MR) is 77.4 cm³/mol. The van der Waals surface area contributed by atoms with Gasteiger partial charge in [-0.05, 0) is 47.2 Å². The number of rotatable bonds is 2. The Morgan fingerprint density at radius 1 is 1.44 bits per heavy atom. The van der Waals surface area contributed by atoms with Crippen molar-refractivity contribution in [2.75, 3.05) is 0 Å². The van der Waals surface area contributed by atoms with E-state index < -0.39 is 5.82 Å². The molecule has 0 radical (unpaired) electrons. The van der Waals surface area contributed by atoms with Gasteiger partial charge >= 0.3 is 0 Å². The van der Waals surface area contributed by atoms with E-state index in [0.717, 1.165) is 0 Å². The lowest BCUT2D eigenvalue weighted by molar-refractivity contribution is 0.628. The molecule has 0 fully saturated rings. The molecule has 3 nitrogen and oxygen atoms in total. The van der Waals surface area contributed by atoms with Crippen molar-refractivity contribution in [3.8, 4) is 11.4 Å². The molecule has 1 aromatic heterocycles. The number of halogens is 3. The fourth-order valence-electron chi connectivity index (χ4n) is 1.57. The third-order valence-electron chi connectivity index (χ3n) is 2.40. The molecule has 1 aromatic carbocycles. The van der Waals surface area contributed by atoms with E-state index in [1.165, 1.54) is 12.1 Å². The Bertz CT molecular complexity index is 637. The van der Waals surface area contributed by atoms with Gasteiger partial charge in [0.25, 0.3) is 5.56 Å². The van der Waals surface area contributed by atoms with E-state index in [9.17, 15) is 9.18 Å². The average molecular weight is 379 g/mol. The summed E-state index contributed by atoms with van der Waals surface area (Å²) < 4.78 is 13.8. The van der Waals surface area contributed by atoms with Gasteiger partial charge in [-0.2, -0.15) is 0 Å². The second-order valence-electron chi connectivity index (χ2n) is 3.69. The van der Waals surface area contributed by atoms with Crippen LogP contribution in [0.3, 0.4) is 0 Å². The summed E-state index contributed by atoms with van der Waals surface area (Å²) in [5.74, 6) is -0.129. The minimum Gasteiger partial charge on any atom is -0.306 e. The summed E-state index contributed by atoms with van der Waals surface area (Å²) in [6, 6.07) is 4.06. The van der Waals surface area contributed by atoms with Crippen LogP contribution in [0.15, 0.2) is 23.0 Å². The van der Waals surface area contributed by atoms with Crippen LogP contribution in [-0.2, 0) is 6.42 Å². The maximum absolute atomic E-state index is 13.3. The van der Waals surface area contributed by atoms with Crippen LogP contribution in [0.4, 0.5) is 4.39 Å². The van der Waals surface area contributed by atoms with Gasteiger partial charge in [0, 0.05) is 10.6 Å². The van der Waals surface area contributed by atoms with E-state index in [1.54, 1.807) is 6.07 Å². The summed E-state index contributed by atoms with van der Waals surface area (Å²) in [6.45, 7) is 1.91. The summed E-state index contributed by atoms with van der Waals surface area (Å²) in [6.07, 6.45) is 0.637. The number of aryl methyl sites for hydroxylation is 1. The molecule has 18 heavy (non-hydrogen) atoms. The Kier molecular flexibility index (Phi) is 4.01. The molecule has 6 heteroatoms. The highest BCUT2D eigenvalue weighted by Crippen LogP contribution is 2.21. The number of aromatic amines is 1. The van der Waals surface area contributed by atoms with Crippen LogP contribution in [0.25, 0.3) is 11.4 Å². The topological polar surface area (TPSA) is 45.8 Å². The van der Waals surface area contributed by atoms with Crippen LogP contribution < -0.4 is 5.56 Å². The lowest BCUT2D eigenvalue weighted by Gasteiger charge is -2.05. The van der Waals surface area contributed by atoms with Crippen LogP contribution in [0.2, 0.25) is 5.02 Å². The molecule has 0 amide bonds. The molecule has 0 saturated heterocycles. The van der Waals surface area contributed by atoms with Gasteiger partial charge in [0.2, 0.25) is 0 Å². The molecule has 0 aliphatic carbocycles. The molecule has 0 atom stereocenters. The van der Waals surface area contributed by atoms with Gasteiger partial charge in [-0.1, -0.05) is 18.5 Å². The minimum absolute atomic E-state index is 0.224. The second kappa shape index (κ2) is 5.36. The van der Waals surface area contributed by atoms with Crippen LogP contribution in [0, 0.1) is 9.39 Å². The normalized spacial score (nSPS) is 10.7. The summed E-state index contributed by atoms with van der Waals surface area (Å²) in [4.78, 5) is 18.7. The molecule has 0 aliphatic heterocycles. The first kappa shape index (κ1) is 13.5. The zero-order chi connectivity index (χ0) is 13.3. The summed E-state index contributed by atoms with van der Waals surface area (Å²) in [7, 11) is 0. The maximum atomic E-state index is 13.3. The minimum atomic E-state index is -0.461. The van der Waals surface area contributed by atoms with Crippen molar-refractivity contribution in [3.63, 3.8) is 0 Å². The van der Waals surface area contributed by atoms with E-state index in [-0.39, 0.29) is 10.6 Å². The summed E-state index contributed by atoms with van der Waals surface area (Å²) >= 11 is 7.73. The Morgan fingerprint density at radius 2 is 2.17 bits per heavy atom. The Labute approximate surface area is 122 Å². The van der Waals surface area contributed by atoms with Crippen molar-refractivity contribution >= 4 is 34.2 Å². The summed E-state index contributed by atoms with van der Waals surface area (Å²) in [5, 5.41) is 0.268. The number of hydrogen-bond donors (Lipinski definition) is 1. The molecule has 0 saturated carbocycles. The molecule has 1 N–H and O–H groups in total. The van der Waals surface area contributed by atoms with E-state index in [2.05, 4.69) is 9.97 Å². The Morgan fingerprint density at radius 3 is 2.78 bits per heavy atom. The standard InChI is InChI=1S/C12H9ClFIN2O/c1-2-9-10(15)12(18)17-11(16-9)6-3-7(13)5-8(14)4-6/h3-5H,2H2,1H3,(H,16,17,18). The average Bonchev–Trinajstić information content (AvgIpc) is 2.31. The Hall–Kier alpha value is -0.950. The first-order chi connectivity index (χ1) is 8.51. The molecular formula is C12H9ClFIN2O. The number of H-pyrrole nitrogens is 1. The van der Waals surface area contributed by atoms with Crippen LogP contribution in [-0.4, -0.2) is 9.97 Å². The molecule has 0 unspecified atom stereocenters. The zero-order valence-electron chi connectivity index (χ0n) is 9.43. The van der Waals surface area contributed by atoms with Gasteiger partial charge in [-0.25, -0.2) is 9.37 Å². The lowest BCUT2D eigenvalue weighted by Crippen LogP contribution is -2.16. The molecule has 94 valence electrons. The first-order valence-corrected chi connectivity index (χ1v) is 6.72. The van der Waals surface area contributed by atoms with E-state index in [0.29, 0.717) is 27.1 Å². The monoisotopic (exact) mass is 378 g/mol. The molecule has 0 spiro atoms. The Balaban J connectivity index is 2.64. The zero-order valence-corrected chi connectivity index (χ0v) is 12.3. The fraction of sp³-hybridized carbons (Fsp3) is 0.167. The number of aromatic nitrogens is 2. The number of hydrogen-bond acceptors (Lipinski definition) is 2.